The highest BCUT2D eigenvalue weighted by molar-refractivity contribution is 6.05. The lowest BCUT2D eigenvalue weighted by molar-refractivity contribution is 0.0914. The molecule has 4 nitrogen and oxygen atoms in total. The Hall–Kier alpha value is -2.72. The van der Waals surface area contributed by atoms with Gasteiger partial charge in [0.05, 0.1) is 17.1 Å². The largest absolute Gasteiger partial charge is 0.350 e. The second kappa shape index (κ2) is 8.53. The zero-order chi connectivity index (χ0) is 19.3. The Morgan fingerprint density at radius 1 is 1.07 bits per heavy atom. The molecule has 2 heterocycles. The van der Waals surface area contributed by atoms with E-state index in [1.807, 2.05) is 36.4 Å². The Labute approximate surface area is 166 Å². The van der Waals surface area contributed by atoms with E-state index in [2.05, 4.69) is 46.4 Å². The number of benzene rings is 2. The SMILES string of the molecule is CC1CCN(C(CNC(=O)c2cccc3cccnc23)c2ccccc2)CC1. The maximum Gasteiger partial charge on any atom is 0.253 e. The van der Waals surface area contributed by atoms with Crippen LogP contribution in [0.4, 0.5) is 0 Å². The standard InChI is InChI=1S/C24H27N3O/c1-18-12-15-27(16-13-18)22(19-7-3-2-4-8-19)17-26-24(28)21-11-5-9-20-10-6-14-25-23(20)21/h2-11,14,18,22H,12-13,15-17H2,1H3,(H,26,28). The maximum atomic E-state index is 13.0. The summed E-state index contributed by atoms with van der Waals surface area (Å²) < 4.78 is 0. The van der Waals surface area contributed by atoms with E-state index in [1.165, 1.54) is 18.4 Å². The van der Waals surface area contributed by atoms with Crippen LogP contribution in [0.25, 0.3) is 10.9 Å². The molecular formula is C24H27N3O. The maximum absolute atomic E-state index is 13.0. The summed E-state index contributed by atoms with van der Waals surface area (Å²) in [6, 6.07) is 20.3. The van der Waals surface area contributed by atoms with Crippen LogP contribution in [0.2, 0.25) is 0 Å². The number of rotatable bonds is 5. The first kappa shape index (κ1) is 18.6. The fourth-order valence-electron chi connectivity index (χ4n) is 4.05. The molecule has 0 aliphatic carbocycles. The molecule has 1 fully saturated rings. The number of carbonyl (C=O) groups is 1. The Morgan fingerprint density at radius 3 is 2.61 bits per heavy atom. The Bertz CT molecular complexity index is 927. The summed E-state index contributed by atoms with van der Waals surface area (Å²) >= 11 is 0. The smallest absolute Gasteiger partial charge is 0.253 e. The highest BCUT2D eigenvalue weighted by Gasteiger charge is 2.25. The summed E-state index contributed by atoms with van der Waals surface area (Å²) in [4.78, 5) is 19.9. The lowest BCUT2D eigenvalue weighted by atomic mass is 9.95. The van der Waals surface area contributed by atoms with Crippen LogP contribution in [0.5, 0.6) is 0 Å². The van der Waals surface area contributed by atoms with Gasteiger partial charge in [-0.2, -0.15) is 0 Å². The highest BCUT2D eigenvalue weighted by Crippen LogP contribution is 2.26. The van der Waals surface area contributed by atoms with Crippen LogP contribution < -0.4 is 5.32 Å². The minimum Gasteiger partial charge on any atom is -0.350 e. The Morgan fingerprint density at radius 2 is 1.82 bits per heavy atom. The van der Waals surface area contributed by atoms with Crippen molar-refractivity contribution in [1.82, 2.24) is 15.2 Å². The van der Waals surface area contributed by atoms with Crippen LogP contribution in [0.15, 0.2) is 66.9 Å². The van der Waals surface area contributed by atoms with Crippen molar-refractivity contribution in [2.24, 2.45) is 5.92 Å². The number of hydrogen-bond donors (Lipinski definition) is 1. The van der Waals surface area contributed by atoms with E-state index < -0.39 is 0 Å². The number of amides is 1. The molecule has 28 heavy (non-hydrogen) atoms. The van der Waals surface area contributed by atoms with E-state index in [1.54, 1.807) is 6.20 Å². The fourth-order valence-corrected chi connectivity index (χ4v) is 4.05. The number of carbonyl (C=O) groups excluding carboxylic acids is 1. The number of hydrogen-bond acceptors (Lipinski definition) is 3. The van der Waals surface area contributed by atoms with E-state index in [4.69, 9.17) is 0 Å². The molecule has 1 aromatic heterocycles. The van der Waals surface area contributed by atoms with E-state index in [9.17, 15) is 4.79 Å². The molecule has 1 amide bonds. The molecule has 0 spiro atoms. The topological polar surface area (TPSA) is 45.2 Å². The molecule has 0 saturated carbocycles. The molecule has 4 heteroatoms. The Kier molecular flexibility index (Phi) is 5.68. The molecule has 1 N–H and O–H groups in total. The van der Waals surface area contributed by atoms with Gasteiger partial charge in [-0.05, 0) is 49.5 Å². The van der Waals surface area contributed by atoms with E-state index in [-0.39, 0.29) is 11.9 Å². The number of fused-ring (bicyclic) bond motifs is 1. The van der Waals surface area contributed by atoms with Crippen LogP contribution in [-0.2, 0) is 0 Å². The number of pyridine rings is 1. The van der Waals surface area contributed by atoms with Crippen molar-refractivity contribution in [3.63, 3.8) is 0 Å². The molecule has 1 unspecified atom stereocenters. The molecule has 144 valence electrons. The van der Waals surface area contributed by atoms with E-state index in [0.717, 1.165) is 29.9 Å². The highest BCUT2D eigenvalue weighted by atomic mass is 16.1. The second-order valence-electron chi connectivity index (χ2n) is 7.74. The monoisotopic (exact) mass is 373 g/mol. The van der Waals surface area contributed by atoms with Crippen LogP contribution >= 0.6 is 0 Å². The van der Waals surface area contributed by atoms with Crippen molar-refractivity contribution < 1.29 is 4.79 Å². The van der Waals surface area contributed by atoms with Gasteiger partial charge in [0.15, 0.2) is 0 Å². The van der Waals surface area contributed by atoms with Gasteiger partial charge in [-0.3, -0.25) is 14.7 Å². The summed E-state index contributed by atoms with van der Waals surface area (Å²) in [5.41, 5.74) is 2.65. The molecule has 0 bridgehead atoms. The Balaban J connectivity index is 1.53. The van der Waals surface area contributed by atoms with Crippen LogP contribution in [0, 0.1) is 5.92 Å². The molecule has 1 saturated heterocycles. The molecule has 0 radical (unpaired) electrons. The predicted molar refractivity (Wildman–Crippen MR) is 113 cm³/mol. The molecular weight excluding hydrogens is 346 g/mol. The lowest BCUT2D eigenvalue weighted by Crippen LogP contribution is -2.42. The van der Waals surface area contributed by atoms with Gasteiger partial charge in [0, 0.05) is 18.1 Å². The van der Waals surface area contributed by atoms with Crippen molar-refractivity contribution in [3.05, 3.63) is 78.0 Å². The molecule has 4 rings (SSSR count). The number of piperidine rings is 1. The summed E-state index contributed by atoms with van der Waals surface area (Å²) in [5, 5.41) is 4.16. The first-order valence-electron chi connectivity index (χ1n) is 10.1. The number of para-hydroxylation sites is 1. The van der Waals surface area contributed by atoms with Gasteiger partial charge in [-0.15, -0.1) is 0 Å². The first-order chi connectivity index (χ1) is 13.7. The second-order valence-corrected chi connectivity index (χ2v) is 7.74. The number of nitrogens with one attached hydrogen (secondary N) is 1. The minimum absolute atomic E-state index is 0.0596. The van der Waals surface area contributed by atoms with Gasteiger partial charge in [-0.1, -0.05) is 55.5 Å². The third-order valence-corrected chi connectivity index (χ3v) is 5.78. The lowest BCUT2D eigenvalue weighted by Gasteiger charge is -2.37. The van der Waals surface area contributed by atoms with Gasteiger partial charge in [0.1, 0.15) is 0 Å². The van der Waals surface area contributed by atoms with Crippen LogP contribution in [-0.4, -0.2) is 35.4 Å². The number of aromatic nitrogens is 1. The normalized spacial score (nSPS) is 16.8. The molecule has 3 aromatic rings. The summed E-state index contributed by atoms with van der Waals surface area (Å²) in [7, 11) is 0. The van der Waals surface area contributed by atoms with Gasteiger partial charge < -0.3 is 5.32 Å². The third kappa shape index (κ3) is 4.07. The van der Waals surface area contributed by atoms with Crippen molar-refractivity contribution in [1.29, 1.82) is 0 Å². The average molecular weight is 374 g/mol. The molecule has 1 aliphatic heterocycles. The van der Waals surface area contributed by atoms with Crippen molar-refractivity contribution >= 4 is 16.8 Å². The zero-order valence-electron chi connectivity index (χ0n) is 16.3. The van der Waals surface area contributed by atoms with Gasteiger partial charge >= 0.3 is 0 Å². The first-order valence-corrected chi connectivity index (χ1v) is 10.1. The van der Waals surface area contributed by atoms with Gasteiger partial charge in [-0.25, -0.2) is 0 Å². The van der Waals surface area contributed by atoms with Crippen molar-refractivity contribution in [3.8, 4) is 0 Å². The average Bonchev–Trinajstić information content (AvgIpc) is 2.75. The number of nitrogens with zero attached hydrogens (tertiary/aromatic N) is 2. The molecule has 1 aliphatic rings. The minimum atomic E-state index is -0.0596. The summed E-state index contributed by atoms with van der Waals surface area (Å²) in [6.07, 6.45) is 4.16. The van der Waals surface area contributed by atoms with Gasteiger partial charge in [0.25, 0.3) is 5.91 Å². The van der Waals surface area contributed by atoms with E-state index >= 15 is 0 Å². The quantitative estimate of drug-likeness (QED) is 0.719. The zero-order valence-corrected chi connectivity index (χ0v) is 16.3. The third-order valence-electron chi connectivity index (χ3n) is 5.78. The summed E-state index contributed by atoms with van der Waals surface area (Å²) in [6.45, 7) is 5.07. The van der Waals surface area contributed by atoms with Crippen molar-refractivity contribution in [2.75, 3.05) is 19.6 Å². The predicted octanol–water partition coefficient (Wildman–Crippen LogP) is 4.44. The van der Waals surface area contributed by atoms with Crippen LogP contribution in [0.3, 0.4) is 0 Å². The van der Waals surface area contributed by atoms with Gasteiger partial charge in [0.2, 0.25) is 0 Å². The summed E-state index contributed by atoms with van der Waals surface area (Å²) in [5.74, 6) is 0.722. The molecule has 1 atom stereocenters. The van der Waals surface area contributed by atoms with Crippen LogP contribution in [0.1, 0.15) is 41.7 Å². The number of likely N-dealkylation sites (tertiary alicyclic amines) is 1. The molecule has 2 aromatic carbocycles. The van der Waals surface area contributed by atoms with Crippen molar-refractivity contribution in [2.45, 2.75) is 25.8 Å². The van der Waals surface area contributed by atoms with E-state index in [0.29, 0.717) is 12.1 Å². The fraction of sp³-hybridized carbons (Fsp3) is 0.333.